The van der Waals surface area contributed by atoms with E-state index in [1.807, 2.05) is 6.92 Å². The van der Waals surface area contributed by atoms with Crippen LogP contribution < -0.4 is 11.1 Å². The van der Waals surface area contributed by atoms with Crippen LogP contribution in [0.3, 0.4) is 0 Å². The van der Waals surface area contributed by atoms with E-state index in [0.29, 0.717) is 11.7 Å². The fraction of sp³-hybridized carbons (Fsp3) is 0.667. The predicted octanol–water partition coefficient (Wildman–Crippen LogP) is 1.44. The van der Waals surface area contributed by atoms with Gasteiger partial charge in [0.15, 0.2) is 0 Å². The highest BCUT2D eigenvalue weighted by atomic mass is 16.3. The first-order chi connectivity index (χ1) is 8.19. The minimum Gasteiger partial charge on any atom is -0.396 e. The van der Waals surface area contributed by atoms with Crippen LogP contribution in [0.1, 0.15) is 32.5 Å². The second-order valence-corrected chi connectivity index (χ2v) is 4.12. The van der Waals surface area contributed by atoms with Crippen molar-refractivity contribution in [2.75, 3.05) is 24.2 Å². The van der Waals surface area contributed by atoms with Crippen LogP contribution in [0.5, 0.6) is 0 Å². The van der Waals surface area contributed by atoms with Gasteiger partial charge < -0.3 is 16.2 Å². The van der Waals surface area contributed by atoms with E-state index in [2.05, 4.69) is 22.2 Å². The number of nitrogens with two attached hydrogens (primary N) is 1. The van der Waals surface area contributed by atoms with E-state index in [9.17, 15) is 0 Å². The molecule has 0 aliphatic carbocycles. The molecule has 0 aromatic carbocycles. The number of nitrogen functional groups attached to an aromatic ring is 1. The maximum Gasteiger partial charge on any atom is 0.132 e. The molecule has 1 aromatic rings. The highest BCUT2D eigenvalue weighted by molar-refractivity contribution is 5.44. The molecule has 0 saturated carbocycles. The molecule has 0 amide bonds. The summed E-state index contributed by atoms with van der Waals surface area (Å²) in [7, 11) is 0. The van der Waals surface area contributed by atoms with Crippen molar-refractivity contribution in [1.29, 1.82) is 0 Å². The predicted molar refractivity (Wildman–Crippen MR) is 69.8 cm³/mol. The average Bonchev–Trinajstić information content (AvgIpc) is 2.33. The Bertz CT molecular complexity index is 343. The Balaban J connectivity index is 2.58. The minimum absolute atomic E-state index is 0.228. The molecule has 5 heteroatoms. The van der Waals surface area contributed by atoms with Crippen molar-refractivity contribution < 1.29 is 5.11 Å². The Labute approximate surface area is 102 Å². The monoisotopic (exact) mass is 238 g/mol. The Morgan fingerprint density at radius 1 is 1.41 bits per heavy atom. The molecule has 1 rings (SSSR count). The maximum absolute atomic E-state index is 8.92. The Kier molecular flexibility index (Phi) is 5.69. The van der Waals surface area contributed by atoms with Gasteiger partial charge in [0.1, 0.15) is 17.5 Å². The van der Waals surface area contributed by atoms with Crippen molar-refractivity contribution in [2.45, 2.75) is 33.1 Å². The molecule has 0 aliphatic heterocycles. The third kappa shape index (κ3) is 4.56. The van der Waals surface area contributed by atoms with Crippen LogP contribution >= 0.6 is 0 Å². The summed E-state index contributed by atoms with van der Waals surface area (Å²) in [5, 5.41) is 12.2. The van der Waals surface area contributed by atoms with Crippen molar-refractivity contribution in [1.82, 2.24) is 9.97 Å². The van der Waals surface area contributed by atoms with E-state index in [4.69, 9.17) is 10.8 Å². The van der Waals surface area contributed by atoms with Crippen LogP contribution in [0.15, 0.2) is 6.07 Å². The Hall–Kier alpha value is -1.36. The van der Waals surface area contributed by atoms with Gasteiger partial charge in [-0.1, -0.05) is 20.3 Å². The van der Waals surface area contributed by atoms with Gasteiger partial charge in [0.05, 0.1) is 0 Å². The van der Waals surface area contributed by atoms with Gasteiger partial charge in [-0.05, 0) is 12.3 Å². The molecule has 0 spiro atoms. The average molecular weight is 238 g/mol. The lowest BCUT2D eigenvalue weighted by atomic mass is 10.0. The topological polar surface area (TPSA) is 84.1 Å². The quantitative estimate of drug-likeness (QED) is 0.669. The summed E-state index contributed by atoms with van der Waals surface area (Å²) in [5.74, 6) is 2.48. The third-order valence-electron chi connectivity index (χ3n) is 2.80. The zero-order valence-electron chi connectivity index (χ0n) is 10.6. The summed E-state index contributed by atoms with van der Waals surface area (Å²) >= 11 is 0. The lowest BCUT2D eigenvalue weighted by Gasteiger charge is -2.15. The van der Waals surface area contributed by atoms with Gasteiger partial charge in [-0.3, -0.25) is 0 Å². The SMILES string of the molecule is CCc1nc(N)cc(NCC(CC)CCO)n1. The number of anilines is 2. The van der Waals surface area contributed by atoms with E-state index in [1.165, 1.54) is 0 Å². The normalized spacial score (nSPS) is 12.4. The number of hydrogen-bond acceptors (Lipinski definition) is 5. The van der Waals surface area contributed by atoms with Crippen LogP contribution in [0.2, 0.25) is 0 Å². The van der Waals surface area contributed by atoms with Crippen LogP contribution in [0, 0.1) is 5.92 Å². The van der Waals surface area contributed by atoms with Crippen LogP contribution in [-0.2, 0) is 6.42 Å². The highest BCUT2D eigenvalue weighted by Gasteiger charge is 2.07. The van der Waals surface area contributed by atoms with Gasteiger partial charge in [0, 0.05) is 25.6 Å². The fourth-order valence-electron chi connectivity index (χ4n) is 1.65. The lowest BCUT2D eigenvalue weighted by Crippen LogP contribution is -2.16. The number of hydrogen-bond donors (Lipinski definition) is 3. The molecule has 1 aromatic heterocycles. The Morgan fingerprint density at radius 2 is 2.18 bits per heavy atom. The largest absolute Gasteiger partial charge is 0.396 e. The summed E-state index contributed by atoms with van der Waals surface area (Å²) < 4.78 is 0. The molecular formula is C12H22N4O. The minimum atomic E-state index is 0.228. The van der Waals surface area contributed by atoms with Crippen molar-refractivity contribution >= 4 is 11.6 Å². The first-order valence-corrected chi connectivity index (χ1v) is 6.17. The molecular weight excluding hydrogens is 216 g/mol. The molecule has 0 radical (unpaired) electrons. The summed E-state index contributed by atoms with van der Waals surface area (Å²) in [6.07, 6.45) is 2.62. The molecule has 4 N–H and O–H groups in total. The van der Waals surface area contributed by atoms with Gasteiger partial charge in [0.2, 0.25) is 0 Å². The molecule has 5 nitrogen and oxygen atoms in total. The van der Waals surface area contributed by atoms with Crippen molar-refractivity contribution in [3.63, 3.8) is 0 Å². The number of aliphatic hydroxyl groups excluding tert-OH is 1. The first-order valence-electron chi connectivity index (χ1n) is 6.17. The van der Waals surface area contributed by atoms with Gasteiger partial charge in [0.25, 0.3) is 0 Å². The lowest BCUT2D eigenvalue weighted by molar-refractivity contribution is 0.258. The van der Waals surface area contributed by atoms with E-state index < -0.39 is 0 Å². The van der Waals surface area contributed by atoms with Crippen LogP contribution in [0.25, 0.3) is 0 Å². The van der Waals surface area contributed by atoms with E-state index in [-0.39, 0.29) is 6.61 Å². The van der Waals surface area contributed by atoms with Crippen molar-refractivity contribution in [3.8, 4) is 0 Å². The molecule has 0 bridgehead atoms. The molecule has 1 unspecified atom stereocenters. The van der Waals surface area contributed by atoms with Crippen molar-refractivity contribution in [3.05, 3.63) is 11.9 Å². The second-order valence-electron chi connectivity index (χ2n) is 4.12. The van der Waals surface area contributed by atoms with E-state index >= 15 is 0 Å². The highest BCUT2D eigenvalue weighted by Crippen LogP contribution is 2.12. The van der Waals surface area contributed by atoms with Gasteiger partial charge in [-0.25, -0.2) is 9.97 Å². The third-order valence-corrected chi connectivity index (χ3v) is 2.80. The van der Waals surface area contributed by atoms with Gasteiger partial charge >= 0.3 is 0 Å². The Morgan fingerprint density at radius 3 is 2.76 bits per heavy atom. The summed E-state index contributed by atoms with van der Waals surface area (Å²) in [5.41, 5.74) is 5.70. The molecule has 96 valence electrons. The zero-order chi connectivity index (χ0) is 12.7. The van der Waals surface area contributed by atoms with E-state index in [1.54, 1.807) is 6.07 Å². The standard InChI is InChI=1S/C12H22N4O/c1-3-9(5-6-17)8-14-12-7-10(13)15-11(4-2)16-12/h7,9,17H,3-6,8H2,1-2H3,(H3,13,14,15,16). The number of aromatic nitrogens is 2. The van der Waals surface area contributed by atoms with Gasteiger partial charge in [-0.15, -0.1) is 0 Å². The van der Waals surface area contributed by atoms with Gasteiger partial charge in [-0.2, -0.15) is 0 Å². The summed E-state index contributed by atoms with van der Waals surface area (Å²) in [6.45, 7) is 5.15. The number of rotatable bonds is 7. The smallest absolute Gasteiger partial charge is 0.132 e. The zero-order valence-corrected chi connectivity index (χ0v) is 10.6. The van der Waals surface area contributed by atoms with Crippen LogP contribution in [0.4, 0.5) is 11.6 Å². The molecule has 17 heavy (non-hydrogen) atoms. The molecule has 1 atom stereocenters. The van der Waals surface area contributed by atoms with Crippen molar-refractivity contribution in [2.24, 2.45) is 5.92 Å². The van der Waals surface area contributed by atoms with Crippen LogP contribution in [-0.4, -0.2) is 28.2 Å². The molecule has 0 fully saturated rings. The number of aliphatic hydroxyl groups is 1. The maximum atomic E-state index is 8.92. The second kappa shape index (κ2) is 7.06. The number of aryl methyl sites for hydroxylation is 1. The first kappa shape index (κ1) is 13.7. The number of nitrogens with one attached hydrogen (secondary N) is 1. The molecule has 0 aliphatic rings. The molecule has 1 heterocycles. The van der Waals surface area contributed by atoms with E-state index in [0.717, 1.165) is 37.4 Å². The fourth-order valence-corrected chi connectivity index (χ4v) is 1.65. The molecule has 0 saturated heterocycles. The summed E-state index contributed by atoms with van der Waals surface area (Å²) in [6, 6.07) is 1.74. The number of nitrogens with zero attached hydrogens (tertiary/aromatic N) is 2. The summed E-state index contributed by atoms with van der Waals surface area (Å²) in [4.78, 5) is 8.48.